The van der Waals surface area contributed by atoms with E-state index in [1.165, 1.54) is 9.87 Å². The maximum atomic E-state index is 13.0. The summed E-state index contributed by atoms with van der Waals surface area (Å²) >= 11 is 0. The van der Waals surface area contributed by atoms with Crippen LogP contribution in [0.15, 0.2) is 47.4 Å². The number of benzene rings is 2. The van der Waals surface area contributed by atoms with Crippen LogP contribution in [-0.4, -0.2) is 54.5 Å². The molecule has 182 valence electrons. The molecule has 1 aromatic heterocycles. The number of fused-ring (bicyclic) bond motifs is 1. The normalized spacial score (nSPS) is 15.2. The fraction of sp³-hybridized carbons (Fsp3) is 0.440. The van der Waals surface area contributed by atoms with E-state index in [9.17, 15) is 13.2 Å². The summed E-state index contributed by atoms with van der Waals surface area (Å²) < 4.78 is 34.8. The summed E-state index contributed by atoms with van der Waals surface area (Å²) in [6, 6.07) is 13.0. The molecular weight excluding hydrogens is 452 g/mol. The van der Waals surface area contributed by atoms with Crippen LogP contribution in [0.4, 0.5) is 5.69 Å². The molecule has 2 heterocycles. The van der Waals surface area contributed by atoms with Gasteiger partial charge in [-0.3, -0.25) is 4.79 Å². The second kappa shape index (κ2) is 10.2. The predicted molar refractivity (Wildman–Crippen MR) is 132 cm³/mol. The molecule has 1 N–H and O–H groups in total. The smallest absolute Gasteiger partial charge is 0.243 e. The number of hydrogen-bond donors (Lipinski definition) is 1. The van der Waals surface area contributed by atoms with Crippen LogP contribution in [0.25, 0.3) is 11.0 Å². The first kappa shape index (κ1) is 24.4. The molecule has 0 unspecified atom stereocenters. The Balaban J connectivity index is 1.48. The summed E-state index contributed by atoms with van der Waals surface area (Å²) in [4.78, 5) is 17.5. The fourth-order valence-corrected chi connectivity index (χ4v) is 5.63. The third-order valence-electron chi connectivity index (χ3n) is 6.16. The minimum atomic E-state index is -3.59. The van der Waals surface area contributed by atoms with E-state index >= 15 is 0 Å². The number of nitrogens with one attached hydrogen (secondary N) is 1. The van der Waals surface area contributed by atoms with E-state index in [1.54, 1.807) is 18.2 Å². The van der Waals surface area contributed by atoms with Gasteiger partial charge in [0.2, 0.25) is 15.9 Å². The third-order valence-corrected chi connectivity index (χ3v) is 8.05. The van der Waals surface area contributed by atoms with Crippen LogP contribution in [0.2, 0.25) is 0 Å². The Morgan fingerprint density at radius 3 is 2.47 bits per heavy atom. The zero-order valence-corrected chi connectivity index (χ0v) is 20.8. The van der Waals surface area contributed by atoms with Gasteiger partial charge in [-0.1, -0.05) is 26.0 Å². The van der Waals surface area contributed by atoms with Crippen molar-refractivity contribution in [1.82, 2.24) is 13.9 Å². The van der Waals surface area contributed by atoms with Gasteiger partial charge in [-0.15, -0.1) is 0 Å². The number of nitrogens with zero attached hydrogens (tertiary/aromatic N) is 3. The second-order valence-corrected chi connectivity index (χ2v) is 10.7. The highest BCUT2D eigenvalue weighted by Gasteiger charge is 2.27. The van der Waals surface area contributed by atoms with Gasteiger partial charge in [-0.2, -0.15) is 4.31 Å². The summed E-state index contributed by atoms with van der Waals surface area (Å²) in [5.74, 6) is 1.13. The molecule has 1 saturated heterocycles. The van der Waals surface area contributed by atoms with Crippen molar-refractivity contribution in [2.75, 3.05) is 31.6 Å². The zero-order valence-electron chi connectivity index (χ0n) is 20.0. The predicted octanol–water partition coefficient (Wildman–Crippen LogP) is 3.77. The monoisotopic (exact) mass is 484 g/mol. The van der Waals surface area contributed by atoms with Crippen molar-refractivity contribution in [2.24, 2.45) is 0 Å². The van der Waals surface area contributed by atoms with Gasteiger partial charge in [-0.05, 0) is 48.7 Å². The lowest BCUT2D eigenvalue weighted by Crippen LogP contribution is -2.40. The van der Waals surface area contributed by atoms with Crippen LogP contribution >= 0.6 is 0 Å². The Kier molecular flexibility index (Phi) is 7.35. The van der Waals surface area contributed by atoms with Gasteiger partial charge in [0, 0.05) is 38.2 Å². The highest BCUT2D eigenvalue weighted by molar-refractivity contribution is 7.89. The van der Waals surface area contributed by atoms with E-state index in [0.29, 0.717) is 50.7 Å². The molecule has 0 bridgehead atoms. The van der Waals surface area contributed by atoms with Gasteiger partial charge in [0.25, 0.3) is 0 Å². The Morgan fingerprint density at radius 2 is 1.82 bits per heavy atom. The lowest BCUT2D eigenvalue weighted by Gasteiger charge is -2.26. The number of sulfonamides is 1. The number of imidazole rings is 1. The van der Waals surface area contributed by atoms with E-state index in [0.717, 1.165) is 17.0 Å². The average molecular weight is 485 g/mol. The van der Waals surface area contributed by atoms with Gasteiger partial charge >= 0.3 is 0 Å². The first-order chi connectivity index (χ1) is 16.3. The van der Waals surface area contributed by atoms with E-state index in [4.69, 9.17) is 4.74 Å². The zero-order chi connectivity index (χ0) is 24.3. The summed E-state index contributed by atoms with van der Waals surface area (Å²) in [5.41, 5.74) is 3.49. The molecule has 9 heteroatoms. The fourth-order valence-electron chi connectivity index (χ4n) is 4.20. The van der Waals surface area contributed by atoms with E-state index in [1.807, 2.05) is 35.8 Å². The van der Waals surface area contributed by atoms with E-state index < -0.39 is 10.0 Å². The second-order valence-electron chi connectivity index (χ2n) is 8.76. The van der Waals surface area contributed by atoms with Crippen LogP contribution in [0, 0.1) is 0 Å². The van der Waals surface area contributed by atoms with Gasteiger partial charge < -0.3 is 14.6 Å². The molecule has 0 aliphatic carbocycles. The molecule has 0 spiro atoms. The number of ether oxygens (including phenoxy) is 1. The van der Waals surface area contributed by atoms with Crippen molar-refractivity contribution in [3.63, 3.8) is 0 Å². The number of amides is 1. The summed E-state index contributed by atoms with van der Waals surface area (Å²) in [6.45, 7) is 8.47. The summed E-state index contributed by atoms with van der Waals surface area (Å²) in [7, 11) is -3.59. The number of aromatic nitrogens is 2. The maximum Gasteiger partial charge on any atom is 0.243 e. The molecule has 0 atom stereocenters. The quantitative estimate of drug-likeness (QED) is 0.525. The van der Waals surface area contributed by atoms with E-state index in [2.05, 4.69) is 24.1 Å². The molecule has 1 fully saturated rings. The third kappa shape index (κ3) is 5.16. The lowest BCUT2D eigenvalue weighted by atomic mass is 10.0. The molecular formula is C25H32N4O4S. The largest absolute Gasteiger partial charge is 0.379 e. The van der Waals surface area contributed by atoms with Crippen LogP contribution in [-0.2, 0) is 32.5 Å². The SMILES string of the molecule is CCn1c(CCC(=O)Nc2ccc(C(C)C)cc2)nc2cc(S(=O)(=O)N3CCOCC3)ccc21. The van der Waals surface area contributed by atoms with Crippen molar-refractivity contribution in [2.45, 2.75) is 51.0 Å². The maximum absolute atomic E-state index is 13.0. The number of anilines is 1. The first-order valence-corrected chi connectivity index (χ1v) is 13.2. The number of carbonyl (C=O) groups is 1. The van der Waals surface area contributed by atoms with Gasteiger partial charge in [-0.25, -0.2) is 13.4 Å². The Hall–Kier alpha value is -2.75. The number of morpholine rings is 1. The van der Waals surface area contributed by atoms with Crippen LogP contribution < -0.4 is 5.32 Å². The van der Waals surface area contributed by atoms with Gasteiger partial charge in [0.15, 0.2) is 0 Å². The molecule has 8 nitrogen and oxygen atoms in total. The van der Waals surface area contributed by atoms with Crippen molar-refractivity contribution in [1.29, 1.82) is 0 Å². The lowest BCUT2D eigenvalue weighted by molar-refractivity contribution is -0.116. The highest BCUT2D eigenvalue weighted by Crippen LogP contribution is 2.24. The highest BCUT2D eigenvalue weighted by atomic mass is 32.2. The number of hydrogen-bond acceptors (Lipinski definition) is 5. The standard InChI is InChI=1S/C25H32N4O4S/c1-4-29-23-10-9-21(34(31,32)28-13-15-33-16-14-28)17-22(23)27-24(29)11-12-25(30)26-20-7-5-19(6-8-20)18(2)3/h5-10,17-18H,4,11-16H2,1-3H3,(H,26,30). The summed E-state index contributed by atoms with van der Waals surface area (Å²) in [5, 5.41) is 2.94. The molecule has 3 aromatic rings. The van der Waals surface area contributed by atoms with Crippen molar-refractivity contribution in [3.8, 4) is 0 Å². The Labute approximate surface area is 201 Å². The molecule has 34 heavy (non-hydrogen) atoms. The minimum absolute atomic E-state index is 0.0809. The molecule has 0 radical (unpaired) electrons. The molecule has 0 saturated carbocycles. The van der Waals surface area contributed by atoms with Crippen molar-refractivity contribution < 1.29 is 17.9 Å². The van der Waals surface area contributed by atoms with Crippen LogP contribution in [0.1, 0.15) is 44.5 Å². The molecule has 1 aliphatic heterocycles. The minimum Gasteiger partial charge on any atom is -0.379 e. The number of aryl methyl sites for hydroxylation is 2. The summed E-state index contributed by atoms with van der Waals surface area (Å²) in [6.07, 6.45) is 0.748. The molecule has 1 aliphatic rings. The number of rotatable bonds is 8. The van der Waals surface area contributed by atoms with Crippen molar-refractivity contribution >= 4 is 32.7 Å². The molecule has 4 rings (SSSR count). The van der Waals surface area contributed by atoms with Gasteiger partial charge in [0.1, 0.15) is 5.82 Å². The van der Waals surface area contributed by atoms with E-state index in [-0.39, 0.29) is 17.2 Å². The van der Waals surface area contributed by atoms with Crippen LogP contribution in [0.5, 0.6) is 0 Å². The molecule has 1 amide bonds. The van der Waals surface area contributed by atoms with Crippen LogP contribution in [0.3, 0.4) is 0 Å². The van der Waals surface area contributed by atoms with Crippen molar-refractivity contribution in [3.05, 3.63) is 53.9 Å². The Bertz CT molecular complexity index is 1260. The topological polar surface area (TPSA) is 93.5 Å². The number of carbonyl (C=O) groups excluding carboxylic acids is 1. The average Bonchev–Trinajstić information content (AvgIpc) is 3.20. The Morgan fingerprint density at radius 1 is 1.12 bits per heavy atom. The first-order valence-electron chi connectivity index (χ1n) is 11.8. The van der Waals surface area contributed by atoms with Gasteiger partial charge in [0.05, 0.1) is 29.1 Å². The molecule has 2 aromatic carbocycles.